The molecule has 1 aromatic heterocycles. The fourth-order valence-corrected chi connectivity index (χ4v) is 1.56. The maximum absolute atomic E-state index is 12.8. The van der Waals surface area contributed by atoms with Crippen LogP contribution in [0.5, 0.6) is 0 Å². The molecule has 1 heterocycles. The van der Waals surface area contributed by atoms with Gasteiger partial charge in [-0.15, -0.1) is 5.10 Å². The number of halogens is 1. The monoisotopic (exact) mass is 249 g/mol. The molecular weight excluding hydrogens is 237 g/mol. The number of nitrogen functional groups attached to an aromatic ring is 1. The summed E-state index contributed by atoms with van der Waals surface area (Å²) in [5.41, 5.74) is 5.93. The van der Waals surface area contributed by atoms with Crippen molar-refractivity contribution >= 4 is 17.5 Å². The van der Waals surface area contributed by atoms with Gasteiger partial charge in [-0.1, -0.05) is 0 Å². The molecule has 1 aromatic carbocycles. The molecule has 18 heavy (non-hydrogen) atoms. The van der Waals surface area contributed by atoms with E-state index in [-0.39, 0.29) is 23.5 Å². The smallest absolute Gasteiger partial charge is 0.295 e. The SMILES string of the molecule is CCN(C(=O)c1nc(N)n[nH]1)c1ccc(F)cc1. The van der Waals surface area contributed by atoms with Crippen LogP contribution in [0.2, 0.25) is 0 Å². The van der Waals surface area contributed by atoms with Crippen molar-refractivity contribution in [3.63, 3.8) is 0 Å². The summed E-state index contributed by atoms with van der Waals surface area (Å²) < 4.78 is 12.8. The van der Waals surface area contributed by atoms with Crippen LogP contribution in [0.3, 0.4) is 0 Å². The second-order valence-electron chi connectivity index (χ2n) is 3.57. The predicted molar refractivity (Wildman–Crippen MR) is 64.5 cm³/mol. The molecule has 2 rings (SSSR count). The molecule has 3 N–H and O–H groups in total. The van der Waals surface area contributed by atoms with Crippen LogP contribution in [0, 0.1) is 5.82 Å². The lowest BCUT2D eigenvalue weighted by Crippen LogP contribution is -2.31. The number of anilines is 2. The van der Waals surface area contributed by atoms with Crippen molar-refractivity contribution in [3.05, 3.63) is 35.9 Å². The van der Waals surface area contributed by atoms with Crippen LogP contribution >= 0.6 is 0 Å². The van der Waals surface area contributed by atoms with Crippen molar-refractivity contribution < 1.29 is 9.18 Å². The standard InChI is InChI=1S/C11H12FN5O/c1-2-17(8-5-3-7(12)4-6-8)10(18)9-14-11(13)16-15-9/h3-6H,2H2,1H3,(H3,13,14,15,16). The number of amides is 1. The summed E-state index contributed by atoms with van der Waals surface area (Å²) in [7, 11) is 0. The molecule has 0 aliphatic carbocycles. The van der Waals surface area contributed by atoms with E-state index in [2.05, 4.69) is 15.2 Å². The zero-order valence-corrected chi connectivity index (χ0v) is 9.72. The number of hydrogen-bond acceptors (Lipinski definition) is 4. The van der Waals surface area contributed by atoms with Gasteiger partial charge in [0, 0.05) is 12.2 Å². The van der Waals surface area contributed by atoms with E-state index in [1.807, 2.05) is 0 Å². The Morgan fingerprint density at radius 2 is 2.11 bits per heavy atom. The van der Waals surface area contributed by atoms with Gasteiger partial charge in [0.05, 0.1) is 0 Å². The minimum Gasteiger partial charge on any atom is -0.366 e. The Labute approximate surface area is 103 Å². The van der Waals surface area contributed by atoms with Gasteiger partial charge in [0.1, 0.15) is 5.82 Å². The van der Waals surface area contributed by atoms with Crippen molar-refractivity contribution in [1.29, 1.82) is 0 Å². The van der Waals surface area contributed by atoms with E-state index in [0.717, 1.165) is 0 Å². The number of carbonyl (C=O) groups excluding carboxylic acids is 1. The first-order valence-electron chi connectivity index (χ1n) is 5.37. The van der Waals surface area contributed by atoms with E-state index >= 15 is 0 Å². The van der Waals surface area contributed by atoms with Crippen LogP contribution in [0.1, 0.15) is 17.5 Å². The zero-order valence-electron chi connectivity index (χ0n) is 9.72. The molecule has 0 aliphatic heterocycles. The number of nitrogens with two attached hydrogens (primary N) is 1. The minimum absolute atomic E-state index is 0.00788. The molecule has 0 unspecified atom stereocenters. The van der Waals surface area contributed by atoms with Gasteiger partial charge in [-0.3, -0.25) is 9.89 Å². The average Bonchev–Trinajstić information content (AvgIpc) is 2.79. The Morgan fingerprint density at radius 3 is 2.61 bits per heavy atom. The van der Waals surface area contributed by atoms with E-state index in [4.69, 9.17) is 5.73 Å². The summed E-state index contributed by atoms with van der Waals surface area (Å²) in [5, 5.41) is 6.05. The number of nitrogens with zero attached hydrogens (tertiary/aromatic N) is 3. The van der Waals surface area contributed by atoms with Gasteiger partial charge >= 0.3 is 0 Å². The molecule has 1 amide bonds. The Bertz CT molecular complexity index is 551. The lowest BCUT2D eigenvalue weighted by atomic mass is 10.2. The lowest BCUT2D eigenvalue weighted by Gasteiger charge is -2.19. The molecule has 0 fully saturated rings. The molecule has 0 saturated heterocycles. The Morgan fingerprint density at radius 1 is 1.44 bits per heavy atom. The summed E-state index contributed by atoms with van der Waals surface area (Å²) in [5.74, 6) is -0.661. The van der Waals surface area contributed by atoms with Crippen LogP contribution in [0.4, 0.5) is 16.0 Å². The van der Waals surface area contributed by atoms with Crippen LogP contribution in [0.15, 0.2) is 24.3 Å². The van der Waals surface area contributed by atoms with Crippen molar-refractivity contribution in [2.75, 3.05) is 17.2 Å². The Hall–Kier alpha value is -2.44. The quantitative estimate of drug-likeness (QED) is 0.855. The van der Waals surface area contributed by atoms with Crippen LogP contribution in [0.25, 0.3) is 0 Å². The molecule has 0 atom stereocenters. The van der Waals surface area contributed by atoms with Gasteiger partial charge in [-0.2, -0.15) is 4.98 Å². The molecule has 0 spiro atoms. The third kappa shape index (κ3) is 2.29. The lowest BCUT2D eigenvalue weighted by molar-refractivity contribution is 0.0979. The number of benzene rings is 1. The average molecular weight is 249 g/mol. The second-order valence-corrected chi connectivity index (χ2v) is 3.57. The van der Waals surface area contributed by atoms with Gasteiger partial charge in [0.2, 0.25) is 11.8 Å². The number of carbonyl (C=O) groups is 1. The van der Waals surface area contributed by atoms with Gasteiger partial charge < -0.3 is 10.6 Å². The van der Waals surface area contributed by atoms with Crippen molar-refractivity contribution in [3.8, 4) is 0 Å². The molecular formula is C11H12FN5O. The predicted octanol–water partition coefficient (Wildman–Crippen LogP) is 1.19. The van der Waals surface area contributed by atoms with Crippen LogP contribution in [-0.4, -0.2) is 27.6 Å². The summed E-state index contributed by atoms with van der Waals surface area (Å²) in [6, 6.07) is 5.63. The van der Waals surface area contributed by atoms with E-state index in [1.54, 1.807) is 6.92 Å². The van der Waals surface area contributed by atoms with Crippen LogP contribution in [-0.2, 0) is 0 Å². The molecule has 7 heteroatoms. The molecule has 0 aliphatic rings. The van der Waals surface area contributed by atoms with E-state index in [9.17, 15) is 9.18 Å². The molecule has 0 saturated carbocycles. The largest absolute Gasteiger partial charge is 0.366 e. The number of rotatable bonds is 3. The third-order valence-corrected chi connectivity index (χ3v) is 2.40. The maximum atomic E-state index is 12.8. The van der Waals surface area contributed by atoms with E-state index < -0.39 is 0 Å². The van der Waals surface area contributed by atoms with Gasteiger partial charge in [0.15, 0.2) is 0 Å². The normalized spacial score (nSPS) is 10.3. The highest BCUT2D eigenvalue weighted by Crippen LogP contribution is 2.16. The van der Waals surface area contributed by atoms with Crippen molar-refractivity contribution in [2.24, 2.45) is 0 Å². The van der Waals surface area contributed by atoms with Gasteiger partial charge in [-0.25, -0.2) is 4.39 Å². The highest BCUT2D eigenvalue weighted by Gasteiger charge is 2.19. The maximum Gasteiger partial charge on any atom is 0.295 e. The topological polar surface area (TPSA) is 87.9 Å². The highest BCUT2D eigenvalue weighted by molar-refractivity contribution is 6.03. The summed E-state index contributed by atoms with van der Waals surface area (Å²) in [6.07, 6.45) is 0. The highest BCUT2D eigenvalue weighted by atomic mass is 19.1. The first-order chi connectivity index (χ1) is 8.61. The van der Waals surface area contributed by atoms with Crippen LogP contribution < -0.4 is 10.6 Å². The first kappa shape index (κ1) is 12.0. The molecule has 2 aromatic rings. The minimum atomic E-state index is -0.367. The fourth-order valence-electron chi connectivity index (χ4n) is 1.56. The summed E-state index contributed by atoms with van der Waals surface area (Å²) in [4.78, 5) is 17.3. The molecule has 0 radical (unpaired) electrons. The number of nitrogens with one attached hydrogen (secondary N) is 1. The molecule has 94 valence electrons. The summed E-state index contributed by atoms with van der Waals surface area (Å²) in [6.45, 7) is 2.23. The molecule has 0 bridgehead atoms. The fraction of sp³-hybridized carbons (Fsp3) is 0.182. The number of hydrogen-bond donors (Lipinski definition) is 2. The van der Waals surface area contributed by atoms with Crippen molar-refractivity contribution in [2.45, 2.75) is 6.92 Å². The molecule has 6 nitrogen and oxygen atoms in total. The van der Waals surface area contributed by atoms with Gasteiger partial charge in [0.25, 0.3) is 5.91 Å². The Kier molecular flexibility index (Phi) is 3.22. The zero-order chi connectivity index (χ0) is 13.1. The van der Waals surface area contributed by atoms with E-state index in [1.165, 1.54) is 29.2 Å². The number of aromatic nitrogens is 3. The number of aromatic amines is 1. The number of H-pyrrole nitrogens is 1. The Balaban J connectivity index is 2.28. The van der Waals surface area contributed by atoms with E-state index in [0.29, 0.717) is 12.2 Å². The second kappa shape index (κ2) is 4.82. The summed E-state index contributed by atoms with van der Waals surface area (Å²) >= 11 is 0. The van der Waals surface area contributed by atoms with Crippen molar-refractivity contribution in [1.82, 2.24) is 15.2 Å². The van der Waals surface area contributed by atoms with Gasteiger partial charge in [-0.05, 0) is 31.2 Å². The first-order valence-corrected chi connectivity index (χ1v) is 5.37. The third-order valence-electron chi connectivity index (χ3n) is 2.40.